The first-order chi connectivity index (χ1) is 16.8. The van der Waals surface area contributed by atoms with Crippen LogP contribution in [0.1, 0.15) is 34.8 Å². The molecule has 3 aromatic rings. The molecule has 7 heteroatoms. The van der Waals surface area contributed by atoms with E-state index in [0.717, 1.165) is 0 Å². The fourth-order valence-corrected chi connectivity index (χ4v) is 5.04. The standard InChI is InChI=1S/C28H24FN3O3/c1-17-16-31-25(19-11-5-7-13-22(19)29)20-12-6-8-14-23(20)32(17)28(30)24(33)15-21(27(28)35)26(34)18-9-3-2-4-10-18/h2-14,17,21H,15-16,30H2,1H3. The Morgan fingerprint density at radius 1 is 0.971 bits per heavy atom. The summed E-state index contributed by atoms with van der Waals surface area (Å²) in [5.74, 6) is -3.16. The molecule has 0 aromatic heterocycles. The summed E-state index contributed by atoms with van der Waals surface area (Å²) in [6, 6.07) is 21.4. The minimum Gasteiger partial charge on any atom is -0.336 e. The summed E-state index contributed by atoms with van der Waals surface area (Å²) in [7, 11) is 0. The van der Waals surface area contributed by atoms with Crippen molar-refractivity contribution < 1.29 is 18.8 Å². The Bertz CT molecular complexity index is 1370. The zero-order valence-electron chi connectivity index (χ0n) is 19.1. The Morgan fingerprint density at radius 2 is 1.60 bits per heavy atom. The second-order valence-electron chi connectivity index (χ2n) is 8.95. The predicted octanol–water partition coefficient (Wildman–Crippen LogP) is 3.57. The van der Waals surface area contributed by atoms with E-state index in [1.54, 1.807) is 77.7 Å². The first kappa shape index (κ1) is 22.8. The molecule has 0 radical (unpaired) electrons. The largest absolute Gasteiger partial charge is 0.336 e. The van der Waals surface area contributed by atoms with Crippen molar-refractivity contribution in [1.82, 2.24) is 0 Å². The summed E-state index contributed by atoms with van der Waals surface area (Å²) < 4.78 is 14.7. The number of ketones is 3. The molecular formula is C28H24FN3O3. The highest BCUT2D eigenvalue weighted by atomic mass is 19.1. The van der Waals surface area contributed by atoms with Crippen molar-refractivity contribution in [2.75, 3.05) is 11.4 Å². The van der Waals surface area contributed by atoms with Gasteiger partial charge in [0.15, 0.2) is 17.3 Å². The van der Waals surface area contributed by atoms with E-state index < -0.39 is 40.8 Å². The number of carbonyl (C=O) groups is 3. The van der Waals surface area contributed by atoms with Crippen molar-refractivity contribution in [1.29, 1.82) is 0 Å². The monoisotopic (exact) mass is 469 g/mol. The van der Waals surface area contributed by atoms with Gasteiger partial charge in [-0.15, -0.1) is 0 Å². The molecule has 1 aliphatic carbocycles. The Hall–Kier alpha value is -3.97. The number of benzene rings is 3. The number of aliphatic imine (C=N–C) groups is 1. The molecule has 2 N–H and O–H groups in total. The molecule has 2 aliphatic rings. The van der Waals surface area contributed by atoms with Crippen LogP contribution >= 0.6 is 0 Å². The van der Waals surface area contributed by atoms with Crippen LogP contribution in [0.25, 0.3) is 0 Å². The Labute approximate surface area is 202 Å². The maximum atomic E-state index is 14.7. The number of Topliss-reactive ketones (excluding diaryl/α,β-unsaturated/α-hetero) is 3. The molecule has 0 amide bonds. The zero-order chi connectivity index (χ0) is 24.7. The van der Waals surface area contributed by atoms with Crippen LogP contribution in [0.15, 0.2) is 83.9 Å². The molecule has 6 nitrogen and oxygen atoms in total. The molecule has 1 fully saturated rings. The molecule has 1 aliphatic heterocycles. The van der Waals surface area contributed by atoms with Crippen LogP contribution in [-0.4, -0.2) is 41.3 Å². The van der Waals surface area contributed by atoms with E-state index in [-0.39, 0.29) is 13.0 Å². The van der Waals surface area contributed by atoms with Gasteiger partial charge in [0, 0.05) is 34.8 Å². The minimum absolute atomic E-state index is 0.176. The van der Waals surface area contributed by atoms with E-state index in [2.05, 4.69) is 4.99 Å². The van der Waals surface area contributed by atoms with Gasteiger partial charge >= 0.3 is 0 Å². The molecule has 3 unspecified atom stereocenters. The van der Waals surface area contributed by atoms with Gasteiger partial charge in [-0.3, -0.25) is 25.1 Å². The molecular weight excluding hydrogens is 445 g/mol. The zero-order valence-corrected chi connectivity index (χ0v) is 19.1. The first-order valence-electron chi connectivity index (χ1n) is 11.5. The predicted molar refractivity (Wildman–Crippen MR) is 131 cm³/mol. The van der Waals surface area contributed by atoms with Crippen LogP contribution < -0.4 is 10.6 Å². The lowest BCUT2D eigenvalue weighted by Gasteiger charge is -2.41. The van der Waals surface area contributed by atoms with E-state index in [0.29, 0.717) is 28.1 Å². The van der Waals surface area contributed by atoms with Gasteiger partial charge in [0.05, 0.1) is 18.2 Å². The van der Waals surface area contributed by atoms with Crippen molar-refractivity contribution in [3.63, 3.8) is 0 Å². The number of carbonyl (C=O) groups excluding carboxylic acids is 3. The lowest BCUT2D eigenvalue weighted by molar-refractivity contribution is -0.129. The maximum Gasteiger partial charge on any atom is 0.210 e. The number of hydrogen-bond donors (Lipinski definition) is 1. The highest BCUT2D eigenvalue weighted by molar-refractivity contribution is 6.29. The summed E-state index contributed by atoms with van der Waals surface area (Å²) in [5.41, 5.74) is 6.79. The lowest BCUT2D eigenvalue weighted by atomic mass is 9.92. The summed E-state index contributed by atoms with van der Waals surface area (Å²) in [6.07, 6.45) is -0.268. The van der Waals surface area contributed by atoms with E-state index in [1.807, 2.05) is 6.92 Å². The number of para-hydroxylation sites is 1. The van der Waals surface area contributed by atoms with Gasteiger partial charge in [-0.2, -0.15) is 0 Å². The van der Waals surface area contributed by atoms with E-state index in [1.165, 1.54) is 6.07 Å². The van der Waals surface area contributed by atoms with Crippen LogP contribution in [0.3, 0.4) is 0 Å². The molecule has 5 rings (SSSR count). The Kier molecular flexibility index (Phi) is 5.65. The molecule has 35 heavy (non-hydrogen) atoms. The third-order valence-corrected chi connectivity index (χ3v) is 6.76. The third kappa shape index (κ3) is 3.59. The fourth-order valence-electron chi connectivity index (χ4n) is 5.04. The van der Waals surface area contributed by atoms with Gasteiger partial charge in [-0.05, 0) is 25.1 Å². The number of hydrogen-bond acceptors (Lipinski definition) is 6. The average Bonchev–Trinajstić information content (AvgIpc) is 3.01. The molecule has 1 saturated carbocycles. The molecule has 0 saturated heterocycles. The van der Waals surface area contributed by atoms with Crippen LogP contribution in [0.5, 0.6) is 0 Å². The van der Waals surface area contributed by atoms with Crippen LogP contribution in [0.4, 0.5) is 10.1 Å². The number of rotatable bonds is 4. The fraction of sp³-hybridized carbons (Fsp3) is 0.214. The molecule has 3 atom stereocenters. The smallest absolute Gasteiger partial charge is 0.210 e. The number of halogens is 1. The summed E-state index contributed by atoms with van der Waals surface area (Å²) in [5, 5.41) is 0. The van der Waals surface area contributed by atoms with Gasteiger partial charge < -0.3 is 4.90 Å². The number of anilines is 1. The minimum atomic E-state index is -2.04. The quantitative estimate of drug-likeness (QED) is 0.466. The summed E-state index contributed by atoms with van der Waals surface area (Å²) in [6.45, 7) is 1.99. The van der Waals surface area contributed by atoms with Crippen molar-refractivity contribution in [2.24, 2.45) is 16.6 Å². The molecule has 1 heterocycles. The molecule has 3 aromatic carbocycles. The highest BCUT2D eigenvalue weighted by Gasteiger charge is 2.59. The van der Waals surface area contributed by atoms with Crippen molar-refractivity contribution >= 4 is 28.7 Å². The van der Waals surface area contributed by atoms with Gasteiger partial charge in [-0.1, -0.05) is 60.7 Å². The van der Waals surface area contributed by atoms with E-state index in [9.17, 15) is 18.8 Å². The normalized spacial score (nSPS) is 24.1. The second kappa shape index (κ2) is 8.67. The third-order valence-electron chi connectivity index (χ3n) is 6.76. The molecule has 0 spiro atoms. The summed E-state index contributed by atoms with van der Waals surface area (Å²) in [4.78, 5) is 46.5. The van der Waals surface area contributed by atoms with Crippen molar-refractivity contribution in [3.05, 3.63) is 101 Å². The van der Waals surface area contributed by atoms with E-state index >= 15 is 0 Å². The number of nitrogens with two attached hydrogens (primary N) is 1. The van der Waals surface area contributed by atoms with Gasteiger partial charge in [0.2, 0.25) is 5.66 Å². The SMILES string of the molecule is CC1CN=C(c2ccccc2F)c2ccccc2N1C1(N)C(=O)CC(C(=O)c2ccccc2)C1=O. The molecule has 0 bridgehead atoms. The van der Waals surface area contributed by atoms with Gasteiger partial charge in [-0.25, -0.2) is 4.39 Å². The van der Waals surface area contributed by atoms with Crippen LogP contribution in [-0.2, 0) is 9.59 Å². The van der Waals surface area contributed by atoms with Gasteiger partial charge in [0.25, 0.3) is 0 Å². The highest BCUT2D eigenvalue weighted by Crippen LogP contribution is 2.39. The second-order valence-corrected chi connectivity index (χ2v) is 8.95. The van der Waals surface area contributed by atoms with E-state index in [4.69, 9.17) is 5.73 Å². The Balaban J connectivity index is 1.60. The molecule has 176 valence electrons. The lowest BCUT2D eigenvalue weighted by Crippen LogP contribution is -2.67. The number of benzodiazepines with no additional fused rings is 1. The Morgan fingerprint density at radius 3 is 2.31 bits per heavy atom. The van der Waals surface area contributed by atoms with Crippen molar-refractivity contribution in [2.45, 2.75) is 25.0 Å². The van der Waals surface area contributed by atoms with Crippen LogP contribution in [0, 0.1) is 11.7 Å². The topological polar surface area (TPSA) is 92.8 Å². The van der Waals surface area contributed by atoms with Crippen molar-refractivity contribution in [3.8, 4) is 0 Å². The summed E-state index contributed by atoms with van der Waals surface area (Å²) >= 11 is 0. The van der Waals surface area contributed by atoms with Crippen LogP contribution in [0.2, 0.25) is 0 Å². The maximum absolute atomic E-state index is 14.7. The number of fused-ring (bicyclic) bond motifs is 1. The number of nitrogens with zero attached hydrogens (tertiary/aromatic N) is 2. The average molecular weight is 470 g/mol. The van der Waals surface area contributed by atoms with Gasteiger partial charge in [0.1, 0.15) is 5.82 Å². The first-order valence-corrected chi connectivity index (χ1v) is 11.5.